The lowest BCUT2D eigenvalue weighted by atomic mass is 9.96. The second-order valence-electron chi connectivity index (χ2n) is 8.22. The van der Waals surface area contributed by atoms with Crippen LogP contribution in [-0.2, 0) is 6.54 Å². The lowest BCUT2D eigenvalue weighted by Crippen LogP contribution is -2.29. The molecule has 33 heavy (non-hydrogen) atoms. The SMILES string of the molecule is Cc1cc(C2C(c3ccccn3)NC(=S)N2Cc2ccncc2)c(C)n1-c1ccccc1Cl. The summed E-state index contributed by atoms with van der Waals surface area (Å²) < 4.78 is 2.22. The molecule has 4 heterocycles. The highest BCUT2D eigenvalue weighted by Gasteiger charge is 2.41. The van der Waals surface area contributed by atoms with Gasteiger partial charge in [-0.1, -0.05) is 29.8 Å². The Morgan fingerprint density at radius 1 is 1.00 bits per heavy atom. The largest absolute Gasteiger partial charge is 0.352 e. The quantitative estimate of drug-likeness (QED) is 0.376. The highest BCUT2D eigenvalue weighted by atomic mass is 35.5. The summed E-state index contributed by atoms with van der Waals surface area (Å²) in [6.45, 7) is 4.94. The molecule has 0 saturated carbocycles. The lowest BCUT2D eigenvalue weighted by molar-refractivity contribution is 0.310. The number of halogens is 1. The number of aryl methyl sites for hydroxylation is 1. The maximum Gasteiger partial charge on any atom is 0.170 e. The number of thiocarbonyl (C=S) groups is 1. The van der Waals surface area contributed by atoms with Crippen molar-refractivity contribution in [3.8, 4) is 5.69 Å². The van der Waals surface area contributed by atoms with Crippen LogP contribution in [0.5, 0.6) is 0 Å². The lowest BCUT2D eigenvalue weighted by Gasteiger charge is -2.28. The summed E-state index contributed by atoms with van der Waals surface area (Å²) in [4.78, 5) is 11.1. The molecule has 1 aliphatic heterocycles. The van der Waals surface area contributed by atoms with Crippen LogP contribution in [0.25, 0.3) is 5.69 Å². The van der Waals surface area contributed by atoms with Crippen molar-refractivity contribution in [2.45, 2.75) is 32.5 Å². The molecule has 5 nitrogen and oxygen atoms in total. The van der Waals surface area contributed by atoms with Gasteiger partial charge in [-0.2, -0.15) is 0 Å². The van der Waals surface area contributed by atoms with E-state index in [2.05, 4.69) is 56.8 Å². The number of nitrogens with zero attached hydrogens (tertiary/aromatic N) is 4. The molecule has 0 amide bonds. The second-order valence-corrected chi connectivity index (χ2v) is 9.02. The average molecular weight is 474 g/mol. The summed E-state index contributed by atoms with van der Waals surface area (Å²) in [6, 6.07) is 20.2. The van der Waals surface area contributed by atoms with Gasteiger partial charge >= 0.3 is 0 Å². The fourth-order valence-corrected chi connectivity index (χ4v) is 5.22. The monoisotopic (exact) mass is 473 g/mol. The zero-order chi connectivity index (χ0) is 22.9. The number of benzene rings is 1. The molecule has 0 radical (unpaired) electrons. The molecule has 1 aromatic carbocycles. The van der Waals surface area contributed by atoms with E-state index in [4.69, 9.17) is 23.8 Å². The predicted octanol–water partition coefficient (Wildman–Crippen LogP) is 5.71. The molecule has 2 atom stereocenters. The van der Waals surface area contributed by atoms with Crippen molar-refractivity contribution in [1.29, 1.82) is 0 Å². The summed E-state index contributed by atoms with van der Waals surface area (Å²) >= 11 is 12.4. The molecule has 1 fully saturated rings. The molecule has 0 aliphatic carbocycles. The van der Waals surface area contributed by atoms with E-state index in [0.29, 0.717) is 6.54 Å². The van der Waals surface area contributed by atoms with E-state index in [9.17, 15) is 0 Å². The van der Waals surface area contributed by atoms with E-state index < -0.39 is 0 Å². The van der Waals surface area contributed by atoms with Crippen LogP contribution in [0.2, 0.25) is 5.02 Å². The third kappa shape index (κ3) is 4.01. The topological polar surface area (TPSA) is 46.0 Å². The number of para-hydroxylation sites is 1. The Kier molecular flexibility index (Phi) is 5.87. The van der Waals surface area contributed by atoms with Gasteiger partial charge < -0.3 is 14.8 Å². The minimum atomic E-state index is -0.0688. The van der Waals surface area contributed by atoms with Gasteiger partial charge in [0.15, 0.2) is 5.11 Å². The Morgan fingerprint density at radius 2 is 1.76 bits per heavy atom. The zero-order valence-electron chi connectivity index (χ0n) is 18.4. The van der Waals surface area contributed by atoms with Crippen LogP contribution in [0.4, 0.5) is 0 Å². The van der Waals surface area contributed by atoms with Gasteiger partial charge in [-0.3, -0.25) is 9.97 Å². The van der Waals surface area contributed by atoms with Gasteiger partial charge in [0, 0.05) is 36.5 Å². The van der Waals surface area contributed by atoms with E-state index in [1.807, 2.05) is 61.1 Å². The van der Waals surface area contributed by atoms with Crippen LogP contribution in [0, 0.1) is 13.8 Å². The molecule has 0 bridgehead atoms. The van der Waals surface area contributed by atoms with Crippen LogP contribution < -0.4 is 5.32 Å². The standard InChI is InChI=1S/C26H24ClN5S/c1-17-15-20(18(2)32(17)23-9-4-3-7-21(23)27)25-24(22-8-5-6-12-29-22)30-26(33)31(25)16-19-10-13-28-14-11-19/h3-15,24-25H,16H2,1-2H3,(H,30,33). The average Bonchev–Trinajstić information content (AvgIpc) is 3.30. The summed E-state index contributed by atoms with van der Waals surface area (Å²) in [7, 11) is 0. The van der Waals surface area contributed by atoms with Crippen molar-refractivity contribution in [3.05, 3.63) is 112 Å². The highest BCUT2D eigenvalue weighted by molar-refractivity contribution is 7.80. The van der Waals surface area contributed by atoms with Gasteiger partial charge in [-0.15, -0.1) is 0 Å². The number of aromatic nitrogens is 3. The van der Waals surface area contributed by atoms with Crippen molar-refractivity contribution in [2.75, 3.05) is 0 Å². The maximum atomic E-state index is 6.58. The molecule has 2 unspecified atom stereocenters. The molecular weight excluding hydrogens is 450 g/mol. The molecule has 1 N–H and O–H groups in total. The number of rotatable bonds is 5. The summed E-state index contributed by atoms with van der Waals surface area (Å²) in [5.74, 6) is 0. The normalized spacial score (nSPS) is 17.9. The van der Waals surface area contributed by atoms with E-state index >= 15 is 0 Å². The van der Waals surface area contributed by atoms with Gasteiger partial charge in [-0.25, -0.2) is 0 Å². The van der Waals surface area contributed by atoms with Crippen molar-refractivity contribution < 1.29 is 0 Å². The van der Waals surface area contributed by atoms with Crippen molar-refractivity contribution in [2.24, 2.45) is 0 Å². The summed E-state index contributed by atoms with van der Waals surface area (Å²) in [6.07, 6.45) is 5.46. The molecular formula is C26H24ClN5S. The minimum absolute atomic E-state index is 0.0250. The third-order valence-corrected chi connectivity index (χ3v) is 6.85. The van der Waals surface area contributed by atoms with E-state index in [1.54, 1.807) is 0 Å². The van der Waals surface area contributed by atoms with Crippen LogP contribution >= 0.6 is 23.8 Å². The zero-order valence-corrected chi connectivity index (χ0v) is 20.0. The van der Waals surface area contributed by atoms with E-state index in [-0.39, 0.29) is 12.1 Å². The first-order valence-electron chi connectivity index (χ1n) is 10.9. The first-order chi connectivity index (χ1) is 16.0. The Morgan fingerprint density at radius 3 is 2.48 bits per heavy atom. The fourth-order valence-electron chi connectivity index (χ4n) is 4.69. The Bertz CT molecular complexity index is 1290. The van der Waals surface area contributed by atoms with Gasteiger partial charge in [0.2, 0.25) is 0 Å². The number of pyridine rings is 2. The van der Waals surface area contributed by atoms with Gasteiger partial charge in [0.1, 0.15) is 0 Å². The number of hydrogen-bond donors (Lipinski definition) is 1. The predicted molar refractivity (Wildman–Crippen MR) is 135 cm³/mol. The Hall–Kier alpha value is -3.22. The van der Waals surface area contributed by atoms with Crippen LogP contribution in [0.1, 0.15) is 40.3 Å². The first kappa shape index (κ1) is 21.6. The van der Waals surface area contributed by atoms with E-state index in [0.717, 1.165) is 38.5 Å². The molecule has 1 aliphatic rings. The molecule has 7 heteroatoms. The molecule has 4 aromatic rings. The summed E-state index contributed by atoms with van der Waals surface area (Å²) in [5, 5.41) is 4.98. The third-order valence-electron chi connectivity index (χ3n) is 6.18. The molecule has 5 rings (SSSR count). The molecule has 1 saturated heterocycles. The summed E-state index contributed by atoms with van der Waals surface area (Å²) in [5.41, 5.74) is 6.55. The van der Waals surface area contributed by atoms with E-state index in [1.165, 1.54) is 5.56 Å². The van der Waals surface area contributed by atoms with Crippen molar-refractivity contribution in [3.63, 3.8) is 0 Å². The molecule has 166 valence electrons. The van der Waals surface area contributed by atoms with Gasteiger partial charge in [0.25, 0.3) is 0 Å². The van der Waals surface area contributed by atoms with Crippen molar-refractivity contribution >= 4 is 28.9 Å². The molecule has 3 aromatic heterocycles. The highest BCUT2D eigenvalue weighted by Crippen LogP contribution is 2.42. The maximum absolute atomic E-state index is 6.58. The Balaban J connectivity index is 1.63. The van der Waals surface area contributed by atoms with Gasteiger partial charge in [0.05, 0.1) is 28.5 Å². The first-order valence-corrected chi connectivity index (χ1v) is 11.6. The number of nitrogens with one attached hydrogen (secondary N) is 1. The minimum Gasteiger partial charge on any atom is -0.352 e. The van der Waals surface area contributed by atoms with Gasteiger partial charge in [-0.05, 0) is 79.7 Å². The Labute approximate surface area is 204 Å². The van der Waals surface area contributed by atoms with Crippen LogP contribution in [-0.4, -0.2) is 24.5 Å². The molecule has 0 spiro atoms. The van der Waals surface area contributed by atoms with Crippen molar-refractivity contribution in [1.82, 2.24) is 24.8 Å². The van der Waals surface area contributed by atoms with Crippen LogP contribution in [0.15, 0.2) is 79.3 Å². The second kappa shape index (κ2) is 8.96. The fraction of sp³-hybridized carbons (Fsp3) is 0.192. The number of hydrogen-bond acceptors (Lipinski definition) is 3. The smallest absolute Gasteiger partial charge is 0.170 e. The van der Waals surface area contributed by atoms with Crippen LogP contribution in [0.3, 0.4) is 0 Å².